The van der Waals surface area contributed by atoms with Crippen LogP contribution in [0.1, 0.15) is 5.69 Å². The molecular formula is C9H7N3O2. The van der Waals surface area contributed by atoms with Crippen LogP contribution in [-0.4, -0.2) is 26.0 Å². The molecule has 0 radical (unpaired) electrons. The molecular weight excluding hydrogens is 182 g/mol. The van der Waals surface area contributed by atoms with Gasteiger partial charge in [0.05, 0.1) is 17.6 Å². The molecule has 2 aromatic rings. The van der Waals surface area contributed by atoms with Crippen molar-refractivity contribution in [1.29, 1.82) is 0 Å². The van der Waals surface area contributed by atoms with E-state index < -0.39 is 5.97 Å². The van der Waals surface area contributed by atoms with Gasteiger partial charge in [-0.05, 0) is 6.07 Å². The summed E-state index contributed by atoms with van der Waals surface area (Å²) in [5.74, 6) is -0.921. The summed E-state index contributed by atoms with van der Waals surface area (Å²) in [5, 5.41) is 8.64. The third kappa shape index (κ3) is 1.52. The van der Waals surface area contributed by atoms with E-state index in [9.17, 15) is 4.79 Å². The topological polar surface area (TPSA) is 76.0 Å². The van der Waals surface area contributed by atoms with Crippen molar-refractivity contribution in [1.82, 2.24) is 15.0 Å². The first kappa shape index (κ1) is 8.55. The van der Waals surface area contributed by atoms with E-state index in [2.05, 4.69) is 15.0 Å². The van der Waals surface area contributed by atoms with Crippen LogP contribution in [0, 0.1) is 0 Å². The number of nitrogens with zero attached hydrogens (tertiary/aromatic N) is 3. The number of aliphatic carboxylic acids is 1. The van der Waals surface area contributed by atoms with Gasteiger partial charge in [0.25, 0.3) is 0 Å². The number of fused-ring (bicyclic) bond motifs is 1. The molecule has 0 aliphatic heterocycles. The highest BCUT2D eigenvalue weighted by molar-refractivity contribution is 5.80. The fourth-order valence-electron chi connectivity index (χ4n) is 1.22. The molecule has 2 heterocycles. The van der Waals surface area contributed by atoms with Gasteiger partial charge in [-0.3, -0.25) is 19.7 Å². The van der Waals surface area contributed by atoms with E-state index in [1.54, 1.807) is 12.3 Å². The van der Waals surface area contributed by atoms with Crippen molar-refractivity contribution in [3.8, 4) is 0 Å². The zero-order valence-electron chi connectivity index (χ0n) is 7.21. The quantitative estimate of drug-likeness (QED) is 0.750. The predicted molar refractivity (Wildman–Crippen MR) is 48.7 cm³/mol. The monoisotopic (exact) mass is 189 g/mol. The van der Waals surface area contributed by atoms with Crippen molar-refractivity contribution in [3.05, 3.63) is 30.4 Å². The summed E-state index contributed by atoms with van der Waals surface area (Å²) in [7, 11) is 0. The number of hydrogen-bond acceptors (Lipinski definition) is 4. The summed E-state index contributed by atoms with van der Waals surface area (Å²) in [6.45, 7) is 0. The van der Waals surface area contributed by atoms with E-state index in [1.807, 2.05) is 0 Å². The van der Waals surface area contributed by atoms with Gasteiger partial charge in [0, 0.05) is 18.6 Å². The molecule has 0 spiro atoms. The minimum atomic E-state index is -0.921. The second kappa shape index (κ2) is 3.37. The summed E-state index contributed by atoms with van der Waals surface area (Å²) in [6, 6.07) is 1.70. The highest BCUT2D eigenvalue weighted by atomic mass is 16.4. The standard InChI is InChI=1S/C9H7N3O2/c13-8(14)5-7-9-6(1-2-10-7)11-3-4-12-9/h1-4H,5H2,(H,13,14). The summed E-state index contributed by atoms with van der Waals surface area (Å²) in [6.07, 6.45) is 4.49. The normalized spacial score (nSPS) is 10.3. The molecule has 1 N–H and O–H groups in total. The van der Waals surface area contributed by atoms with Gasteiger partial charge in [0.15, 0.2) is 0 Å². The summed E-state index contributed by atoms with van der Waals surface area (Å²) >= 11 is 0. The SMILES string of the molecule is O=C(O)Cc1nccc2nccnc12. The Bertz CT molecular complexity index is 479. The van der Waals surface area contributed by atoms with Gasteiger partial charge in [0.1, 0.15) is 5.52 Å². The largest absolute Gasteiger partial charge is 0.481 e. The molecule has 0 fully saturated rings. The lowest BCUT2D eigenvalue weighted by Gasteiger charge is -1.99. The van der Waals surface area contributed by atoms with Crippen LogP contribution in [-0.2, 0) is 11.2 Å². The summed E-state index contributed by atoms with van der Waals surface area (Å²) in [4.78, 5) is 22.6. The first-order valence-corrected chi connectivity index (χ1v) is 4.04. The average molecular weight is 189 g/mol. The molecule has 0 aromatic carbocycles. The van der Waals surface area contributed by atoms with Gasteiger partial charge in [-0.1, -0.05) is 0 Å². The lowest BCUT2D eigenvalue weighted by atomic mass is 10.2. The van der Waals surface area contributed by atoms with Gasteiger partial charge in [-0.15, -0.1) is 0 Å². The molecule has 2 rings (SSSR count). The molecule has 2 aromatic heterocycles. The molecule has 0 saturated heterocycles. The Labute approximate surface area is 79.5 Å². The molecule has 0 bridgehead atoms. The average Bonchev–Trinajstić information content (AvgIpc) is 2.18. The second-order valence-corrected chi connectivity index (χ2v) is 2.75. The van der Waals surface area contributed by atoms with Crippen LogP contribution in [0.3, 0.4) is 0 Å². The van der Waals surface area contributed by atoms with Gasteiger partial charge in [-0.25, -0.2) is 0 Å². The predicted octanol–water partition coefficient (Wildman–Crippen LogP) is 0.652. The van der Waals surface area contributed by atoms with Crippen LogP contribution in [0.2, 0.25) is 0 Å². The molecule has 0 aliphatic carbocycles. The Morgan fingerprint density at radius 3 is 2.79 bits per heavy atom. The Morgan fingerprint density at radius 2 is 2.00 bits per heavy atom. The maximum absolute atomic E-state index is 10.5. The van der Waals surface area contributed by atoms with Crippen molar-refractivity contribution in [2.24, 2.45) is 0 Å². The van der Waals surface area contributed by atoms with E-state index in [0.29, 0.717) is 16.7 Å². The van der Waals surface area contributed by atoms with E-state index in [0.717, 1.165) is 0 Å². The van der Waals surface area contributed by atoms with Crippen molar-refractivity contribution in [2.75, 3.05) is 0 Å². The zero-order valence-corrected chi connectivity index (χ0v) is 7.21. The molecule has 14 heavy (non-hydrogen) atoms. The van der Waals surface area contributed by atoms with E-state index in [-0.39, 0.29) is 6.42 Å². The maximum atomic E-state index is 10.5. The van der Waals surface area contributed by atoms with Crippen LogP contribution >= 0.6 is 0 Å². The summed E-state index contributed by atoms with van der Waals surface area (Å²) in [5.41, 5.74) is 1.67. The minimum Gasteiger partial charge on any atom is -0.481 e. The first-order chi connectivity index (χ1) is 6.77. The number of carboxylic acid groups (broad SMARTS) is 1. The fourth-order valence-corrected chi connectivity index (χ4v) is 1.22. The number of pyridine rings is 1. The zero-order chi connectivity index (χ0) is 9.97. The molecule has 5 nitrogen and oxygen atoms in total. The Kier molecular flexibility index (Phi) is 2.06. The third-order valence-corrected chi connectivity index (χ3v) is 1.78. The van der Waals surface area contributed by atoms with E-state index in [1.165, 1.54) is 12.4 Å². The molecule has 0 atom stereocenters. The van der Waals surface area contributed by atoms with Crippen LogP contribution in [0.4, 0.5) is 0 Å². The molecule has 0 saturated carbocycles. The van der Waals surface area contributed by atoms with Crippen LogP contribution < -0.4 is 0 Å². The fraction of sp³-hybridized carbons (Fsp3) is 0.111. The van der Waals surface area contributed by atoms with Gasteiger partial charge >= 0.3 is 5.97 Å². The van der Waals surface area contributed by atoms with Crippen LogP contribution in [0.5, 0.6) is 0 Å². The Morgan fingerprint density at radius 1 is 1.21 bits per heavy atom. The Balaban J connectivity index is 2.59. The maximum Gasteiger partial charge on any atom is 0.309 e. The lowest BCUT2D eigenvalue weighted by Crippen LogP contribution is -2.03. The lowest BCUT2D eigenvalue weighted by molar-refractivity contribution is -0.136. The van der Waals surface area contributed by atoms with E-state index in [4.69, 9.17) is 5.11 Å². The molecule has 0 unspecified atom stereocenters. The van der Waals surface area contributed by atoms with Crippen molar-refractivity contribution < 1.29 is 9.90 Å². The highest BCUT2D eigenvalue weighted by Gasteiger charge is 2.07. The number of aromatic nitrogens is 3. The molecule has 70 valence electrons. The van der Waals surface area contributed by atoms with Gasteiger partial charge in [-0.2, -0.15) is 0 Å². The van der Waals surface area contributed by atoms with Crippen molar-refractivity contribution in [3.63, 3.8) is 0 Å². The molecule has 0 aliphatic rings. The number of carbonyl (C=O) groups is 1. The van der Waals surface area contributed by atoms with Crippen LogP contribution in [0.15, 0.2) is 24.7 Å². The van der Waals surface area contributed by atoms with Crippen molar-refractivity contribution >= 4 is 17.0 Å². The third-order valence-electron chi connectivity index (χ3n) is 1.78. The van der Waals surface area contributed by atoms with Crippen LogP contribution in [0.25, 0.3) is 11.0 Å². The number of rotatable bonds is 2. The first-order valence-electron chi connectivity index (χ1n) is 4.04. The number of hydrogen-bond donors (Lipinski definition) is 1. The second-order valence-electron chi connectivity index (χ2n) is 2.75. The summed E-state index contributed by atoms with van der Waals surface area (Å²) < 4.78 is 0. The van der Waals surface area contributed by atoms with Gasteiger partial charge < -0.3 is 5.11 Å². The van der Waals surface area contributed by atoms with E-state index >= 15 is 0 Å². The molecule has 0 amide bonds. The highest BCUT2D eigenvalue weighted by Crippen LogP contribution is 2.11. The van der Waals surface area contributed by atoms with Crippen molar-refractivity contribution in [2.45, 2.75) is 6.42 Å². The van der Waals surface area contributed by atoms with Gasteiger partial charge in [0.2, 0.25) is 0 Å². The Hall–Kier alpha value is -2.04. The molecule has 5 heteroatoms. The smallest absolute Gasteiger partial charge is 0.309 e. The minimum absolute atomic E-state index is 0.129. The number of carboxylic acids is 1.